The molecule has 5 heteroatoms. The summed E-state index contributed by atoms with van der Waals surface area (Å²) in [5.74, 6) is -0.333. The highest BCUT2D eigenvalue weighted by molar-refractivity contribution is 6.65. The highest BCUT2D eigenvalue weighted by Crippen LogP contribution is 2.37. The number of halogens is 1. The molecule has 0 aliphatic carbocycles. The Morgan fingerprint density at radius 2 is 1.70 bits per heavy atom. The molecule has 0 amide bonds. The van der Waals surface area contributed by atoms with Crippen LogP contribution < -0.4 is 5.46 Å². The Morgan fingerprint density at radius 3 is 2.35 bits per heavy atom. The summed E-state index contributed by atoms with van der Waals surface area (Å²) in [5.41, 5.74) is 0.328. The molecule has 1 saturated heterocycles. The number of hydrogen-bond acceptors (Lipinski definition) is 3. The van der Waals surface area contributed by atoms with Crippen molar-refractivity contribution in [3.63, 3.8) is 0 Å². The lowest BCUT2D eigenvalue weighted by atomic mass is 9.76. The Labute approximate surface area is 118 Å². The normalized spacial score (nSPS) is 20.6. The molecule has 2 aromatic rings. The fourth-order valence-electron chi connectivity index (χ4n) is 2.34. The smallest absolute Gasteiger partial charge is 0.399 e. The van der Waals surface area contributed by atoms with Crippen LogP contribution in [-0.4, -0.2) is 23.3 Å². The van der Waals surface area contributed by atoms with Crippen molar-refractivity contribution >= 4 is 23.5 Å². The third kappa shape index (κ3) is 1.93. The average molecular weight is 273 g/mol. The summed E-state index contributed by atoms with van der Waals surface area (Å²) in [5, 5.41) is 0.728. The maximum Gasteiger partial charge on any atom is 0.495 e. The lowest BCUT2D eigenvalue weighted by Crippen LogP contribution is -2.41. The van der Waals surface area contributed by atoms with E-state index in [1.807, 2.05) is 33.8 Å². The molecule has 0 saturated carbocycles. The maximum absolute atomic E-state index is 13.8. The van der Waals surface area contributed by atoms with E-state index in [9.17, 15) is 4.39 Å². The summed E-state index contributed by atoms with van der Waals surface area (Å²) >= 11 is 0. The second-order valence-electron chi connectivity index (χ2n) is 6.12. The topological polar surface area (TPSA) is 31.4 Å². The molecule has 0 atom stereocenters. The number of rotatable bonds is 1. The van der Waals surface area contributed by atoms with Gasteiger partial charge in [-0.25, -0.2) is 4.39 Å². The van der Waals surface area contributed by atoms with Gasteiger partial charge in [0.1, 0.15) is 11.3 Å². The molecule has 0 radical (unpaired) electrons. The Balaban J connectivity index is 2.11. The summed E-state index contributed by atoms with van der Waals surface area (Å²) in [6, 6.07) is 6.75. The third-order valence-corrected chi connectivity index (χ3v) is 4.26. The molecule has 0 spiro atoms. The lowest BCUT2D eigenvalue weighted by molar-refractivity contribution is 0.00578. The van der Waals surface area contributed by atoms with E-state index in [1.165, 1.54) is 6.07 Å². The van der Waals surface area contributed by atoms with Crippen LogP contribution in [0.2, 0.25) is 0 Å². The molecule has 1 aromatic heterocycles. The molecule has 2 heterocycles. The Bertz CT molecular complexity index is 656. The first-order chi connectivity index (χ1) is 9.32. The van der Waals surface area contributed by atoms with E-state index in [2.05, 4.69) is 4.98 Å². The van der Waals surface area contributed by atoms with Crippen molar-refractivity contribution in [2.24, 2.45) is 0 Å². The van der Waals surface area contributed by atoms with E-state index in [-0.39, 0.29) is 5.82 Å². The minimum absolute atomic E-state index is 0.333. The van der Waals surface area contributed by atoms with Gasteiger partial charge in [0.15, 0.2) is 0 Å². The van der Waals surface area contributed by atoms with Gasteiger partial charge in [-0.05, 0) is 45.3 Å². The first kappa shape index (κ1) is 13.5. The monoisotopic (exact) mass is 273 g/mol. The van der Waals surface area contributed by atoms with Crippen molar-refractivity contribution in [1.29, 1.82) is 0 Å². The predicted molar refractivity (Wildman–Crippen MR) is 77.4 cm³/mol. The van der Waals surface area contributed by atoms with Crippen molar-refractivity contribution in [3.05, 3.63) is 36.3 Å². The molecule has 1 fully saturated rings. The van der Waals surface area contributed by atoms with Crippen LogP contribution in [0.4, 0.5) is 4.39 Å². The van der Waals surface area contributed by atoms with E-state index in [1.54, 1.807) is 18.3 Å². The molecule has 20 heavy (non-hydrogen) atoms. The van der Waals surface area contributed by atoms with E-state index >= 15 is 0 Å². The minimum atomic E-state index is -0.507. The summed E-state index contributed by atoms with van der Waals surface area (Å²) < 4.78 is 25.9. The van der Waals surface area contributed by atoms with Gasteiger partial charge in [0.2, 0.25) is 0 Å². The van der Waals surface area contributed by atoms with Crippen LogP contribution >= 0.6 is 0 Å². The second-order valence-corrected chi connectivity index (χ2v) is 6.12. The molecule has 1 aromatic carbocycles. The fraction of sp³-hybridized carbons (Fsp3) is 0.400. The van der Waals surface area contributed by atoms with Crippen LogP contribution in [0, 0.1) is 5.82 Å². The van der Waals surface area contributed by atoms with E-state index < -0.39 is 18.3 Å². The quantitative estimate of drug-likeness (QED) is 0.748. The van der Waals surface area contributed by atoms with Gasteiger partial charge in [-0.3, -0.25) is 4.98 Å². The zero-order valence-electron chi connectivity index (χ0n) is 12.1. The lowest BCUT2D eigenvalue weighted by Gasteiger charge is -2.32. The van der Waals surface area contributed by atoms with Crippen molar-refractivity contribution < 1.29 is 13.7 Å². The molecular formula is C15H17BFNO2. The second kappa shape index (κ2) is 4.27. The maximum atomic E-state index is 13.8. The zero-order chi connectivity index (χ0) is 14.5. The van der Waals surface area contributed by atoms with Crippen LogP contribution in [0.25, 0.3) is 10.9 Å². The van der Waals surface area contributed by atoms with Gasteiger partial charge < -0.3 is 9.31 Å². The number of pyridine rings is 1. The first-order valence-electron chi connectivity index (χ1n) is 6.71. The van der Waals surface area contributed by atoms with Gasteiger partial charge in [-0.1, -0.05) is 12.1 Å². The Morgan fingerprint density at radius 1 is 1.05 bits per heavy atom. The van der Waals surface area contributed by atoms with Crippen LogP contribution in [0.1, 0.15) is 27.7 Å². The third-order valence-electron chi connectivity index (χ3n) is 4.26. The number of aromatic nitrogens is 1. The fourth-order valence-corrected chi connectivity index (χ4v) is 2.34. The van der Waals surface area contributed by atoms with Crippen molar-refractivity contribution in [2.45, 2.75) is 38.9 Å². The first-order valence-corrected chi connectivity index (χ1v) is 6.71. The van der Waals surface area contributed by atoms with Crippen molar-refractivity contribution in [2.75, 3.05) is 0 Å². The van der Waals surface area contributed by atoms with Gasteiger partial charge in [0.05, 0.1) is 11.2 Å². The summed E-state index contributed by atoms with van der Waals surface area (Å²) in [7, 11) is -0.507. The Kier molecular flexibility index (Phi) is 2.89. The summed E-state index contributed by atoms with van der Waals surface area (Å²) in [6.07, 6.45) is 1.58. The largest absolute Gasteiger partial charge is 0.495 e. The number of fused-ring (bicyclic) bond motifs is 1. The number of hydrogen-bond donors (Lipinski definition) is 0. The zero-order valence-corrected chi connectivity index (χ0v) is 12.1. The standard InChI is InChI=1S/C15H17BFNO2/c1-14(2)15(3,4)20-16(19-14)11-7-8-12(17)13-10(11)6-5-9-18-13/h5-9H,1-4H3. The molecule has 0 N–H and O–H groups in total. The minimum Gasteiger partial charge on any atom is -0.399 e. The summed E-state index contributed by atoms with van der Waals surface area (Å²) in [6.45, 7) is 7.99. The molecule has 104 valence electrons. The van der Waals surface area contributed by atoms with Gasteiger partial charge in [-0.15, -0.1) is 0 Å². The molecular weight excluding hydrogens is 256 g/mol. The average Bonchev–Trinajstić information content (AvgIpc) is 2.59. The molecule has 1 aliphatic rings. The van der Waals surface area contributed by atoms with Gasteiger partial charge in [0, 0.05) is 11.6 Å². The van der Waals surface area contributed by atoms with Crippen LogP contribution in [-0.2, 0) is 9.31 Å². The number of nitrogens with zero attached hydrogens (tertiary/aromatic N) is 1. The number of benzene rings is 1. The molecule has 0 unspecified atom stereocenters. The SMILES string of the molecule is CC1(C)OB(c2ccc(F)c3ncccc23)OC1(C)C. The van der Waals surface area contributed by atoms with Gasteiger partial charge >= 0.3 is 7.12 Å². The van der Waals surface area contributed by atoms with E-state index in [0.717, 1.165) is 10.8 Å². The van der Waals surface area contributed by atoms with Crippen molar-refractivity contribution in [1.82, 2.24) is 4.98 Å². The molecule has 1 aliphatic heterocycles. The predicted octanol–water partition coefficient (Wildman–Crippen LogP) is 2.67. The van der Waals surface area contributed by atoms with Crippen LogP contribution in [0.5, 0.6) is 0 Å². The van der Waals surface area contributed by atoms with Crippen molar-refractivity contribution in [3.8, 4) is 0 Å². The molecule has 3 rings (SSSR count). The van der Waals surface area contributed by atoms with Gasteiger partial charge in [0.25, 0.3) is 0 Å². The van der Waals surface area contributed by atoms with Crippen LogP contribution in [0.3, 0.4) is 0 Å². The molecule has 0 bridgehead atoms. The highest BCUT2D eigenvalue weighted by atomic mass is 19.1. The van der Waals surface area contributed by atoms with Crippen LogP contribution in [0.15, 0.2) is 30.5 Å². The van der Waals surface area contributed by atoms with E-state index in [0.29, 0.717) is 5.52 Å². The van der Waals surface area contributed by atoms with E-state index in [4.69, 9.17) is 9.31 Å². The molecule has 3 nitrogen and oxygen atoms in total. The van der Waals surface area contributed by atoms with Gasteiger partial charge in [-0.2, -0.15) is 0 Å². The Hall–Kier alpha value is -1.46. The summed E-state index contributed by atoms with van der Waals surface area (Å²) in [4.78, 5) is 4.10. The highest BCUT2D eigenvalue weighted by Gasteiger charge is 2.52.